The van der Waals surface area contributed by atoms with Gasteiger partial charge in [-0.3, -0.25) is 18.8 Å². The highest BCUT2D eigenvalue weighted by Crippen LogP contribution is 2.29. The fourth-order valence-electron chi connectivity index (χ4n) is 5.31. The third-order valence-electron chi connectivity index (χ3n) is 7.45. The van der Waals surface area contributed by atoms with Crippen LogP contribution >= 0.6 is 22.7 Å². The smallest absolute Gasteiger partial charge is 0.281 e. The molecular formula is C32H26N6O3S2. The Kier molecular flexibility index (Phi) is 7.17. The van der Waals surface area contributed by atoms with Crippen molar-refractivity contribution in [2.75, 3.05) is 18.4 Å². The molecule has 6 aromatic rings. The van der Waals surface area contributed by atoms with E-state index in [0.717, 1.165) is 39.3 Å². The Balaban J connectivity index is 1.11. The van der Waals surface area contributed by atoms with Gasteiger partial charge in [-0.2, -0.15) is 0 Å². The summed E-state index contributed by atoms with van der Waals surface area (Å²) in [6.45, 7) is 1.39. The topological polar surface area (TPSA) is 109 Å². The number of anilines is 1. The van der Waals surface area contributed by atoms with Gasteiger partial charge in [0.15, 0.2) is 9.97 Å². The normalized spacial score (nSPS) is 13.8. The molecule has 3 aromatic heterocycles. The van der Waals surface area contributed by atoms with Crippen LogP contribution in [0.1, 0.15) is 44.6 Å². The largest absolute Gasteiger partial charge is 0.341 e. The molecule has 4 heterocycles. The summed E-state index contributed by atoms with van der Waals surface area (Å²) in [5, 5.41) is 8.12. The molecule has 1 aliphatic rings. The molecular weight excluding hydrogens is 581 g/mol. The number of carbonyl (C=O) groups excluding carboxylic acids is 3. The number of aromatic nitrogens is 3. The summed E-state index contributed by atoms with van der Waals surface area (Å²) in [5.74, 6) is -0.791. The minimum absolute atomic E-state index is 0.112. The van der Waals surface area contributed by atoms with Crippen molar-refractivity contribution in [3.8, 4) is 11.3 Å². The highest BCUT2D eigenvalue weighted by Gasteiger charge is 2.30. The quantitative estimate of drug-likeness (QED) is 0.231. The van der Waals surface area contributed by atoms with E-state index in [1.54, 1.807) is 29.2 Å². The van der Waals surface area contributed by atoms with Crippen LogP contribution in [0.5, 0.6) is 0 Å². The lowest BCUT2D eigenvalue weighted by atomic mass is 10.0. The average Bonchev–Trinajstić information content (AvgIpc) is 3.84. The SMILES string of the molecule is O=C(NC(C(=O)N1CCCC1)c1ccccc1)c1nc2ccc(NC(=O)c3ccccc3-c3cn4ccsc4n3)cc2s1. The molecule has 1 saturated heterocycles. The highest BCUT2D eigenvalue weighted by atomic mass is 32.1. The standard InChI is InChI=1S/C32H26N6O3S2/c39-28(23-11-5-4-10-22(23)25-19-38-16-17-42-32(38)35-25)33-21-12-13-24-26(18-21)43-30(34-24)29(40)36-27(20-8-2-1-3-9-20)31(41)37-14-6-7-15-37/h1-5,8-13,16-19,27H,6-7,14-15H2,(H,33,39)(H,36,40). The molecule has 1 fully saturated rings. The van der Waals surface area contributed by atoms with Crippen molar-refractivity contribution in [3.63, 3.8) is 0 Å². The van der Waals surface area contributed by atoms with E-state index < -0.39 is 11.9 Å². The van der Waals surface area contributed by atoms with Crippen molar-refractivity contribution in [1.82, 2.24) is 24.6 Å². The molecule has 214 valence electrons. The van der Waals surface area contributed by atoms with E-state index in [1.807, 2.05) is 70.7 Å². The molecule has 11 heteroatoms. The van der Waals surface area contributed by atoms with Crippen LogP contribution in [0.4, 0.5) is 5.69 Å². The molecule has 9 nitrogen and oxygen atoms in total. The number of benzene rings is 3. The monoisotopic (exact) mass is 606 g/mol. The van der Waals surface area contributed by atoms with E-state index in [1.165, 1.54) is 22.7 Å². The summed E-state index contributed by atoms with van der Waals surface area (Å²) in [6, 6.07) is 21.2. The first kappa shape index (κ1) is 27.0. The number of nitrogens with one attached hydrogen (secondary N) is 2. The third-order valence-corrected chi connectivity index (χ3v) is 9.24. The Morgan fingerprint density at radius 2 is 1.67 bits per heavy atom. The van der Waals surface area contributed by atoms with Crippen LogP contribution in [0.25, 0.3) is 26.4 Å². The fraction of sp³-hybridized carbons (Fsp3) is 0.156. The minimum atomic E-state index is -0.792. The molecule has 2 N–H and O–H groups in total. The van der Waals surface area contributed by atoms with E-state index in [0.29, 0.717) is 29.9 Å². The molecule has 3 amide bonds. The number of hydrogen-bond acceptors (Lipinski definition) is 7. The summed E-state index contributed by atoms with van der Waals surface area (Å²) in [5.41, 5.74) is 3.92. The maximum absolute atomic E-state index is 13.4. The van der Waals surface area contributed by atoms with Gasteiger partial charge in [-0.05, 0) is 42.7 Å². The lowest BCUT2D eigenvalue weighted by Gasteiger charge is -2.24. The Labute approximate surface area is 254 Å². The molecule has 1 atom stereocenters. The van der Waals surface area contributed by atoms with Gasteiger partial charge in [0.2, 0.25) is 5.91 Å². The van der Waals surface area contributed by atoms with Crippen LogP contribution in [0, 0.1) is 0 Å². The first-order valence-electron chi connectivity index (χ1n) is 13.9. The first-order valence-corrected chi connectivity index (χ1v) is 15.6. The van der Waals surface area contributed by atoms with Gasteiger partial charge in [-0.25, -0.2) is 9.97 Å². The van der Waals surface area contributed by atoms with E-state index in [-0.39, 0.29) is 16.8 Å². The number of rotatable bonds is 7. The van der Waals surface area contributed by atoms with Crippen LogP contribution in [0.15, 0.2) is 90.6 Å². The van der Waals surface area contributed by atoms with Crippen molar-refractivity contribution < 1.29 is 14.4 Å². The molecule has 0 bridgehead atoms. The number of hydrogen-bond donors (Lipinski definition) is 2. The van der Waals surface area contributed by atoms with Crippen molar-refractivity contribution in [1.29, 1.82) is 0 Å². The predicted octanol–water partition coefficient (Wildman–Crippen LogP) is 6.02. The lowest BCUT2D eigenvalue weighted by Crippen LogP contribution is -2.41. The van der Waals surface area contributed by atoms with Gasteiger partial charge in [-0.1, -0.05) is 48.5 Å². The van der Waals surface area contributed by atoms with E-state index in [2.05, 4.69) is 20.6 Å². The molecule has 43 heavy (non-hydrogen) atoms. The van der Waals surface area contributed by atoms with Gasteiger partial charge in [-0.15, -0.1) is 22.7 Å². The van der Waals surface area contributed by atoms with Crippen LogP contribution < -0.4 is 10.6 Å². The van der Waals surface area contributed by atoms with E-state index in [4.69, 9.17) is 0 Å². The maximum atomic E-state index is 13.4. The van der Waals surface area contributed by atoms with Crippen LogP contribution in [-0.4, -0.2) is 50.1 Å². The van der Waals surface area contributed by atoms with Gasteiger partial charge >= 0.3 is 0 Å². The third kappa shape index (κ3) is 5.40. The summed E-state index contributed by atoms with van der Waals surface area (Å²) in [6.07, 6.45) is 5.78. The molecule has 0 radical (unpaired) electrons. The highest BCUT2D eigenvalue weighted by molar-refractivity contribution is 7.20. The number of fused-ring (bicyclic) bond motifs is 2. The average molecular weight is 607 g/mol. The number of imidazole rings is 1. The number of carbonyl (C=O) groups is 3. The van der Waals surface area contributed by atoms with Crippen LogP contribution in [0.2, 0.25) is 0 Å². The molecule has 0 spiro atoms. The predicted molar refractivity (Wildman–Crippen MR) is 169 cm³/mol. The molecule has 7 rings (SSSR count). The molecule has 1 aliphatic heterocycles. The molecule has 0 aliphatic carbocycles. The van der Waals surface area contributed by atoms with Crippen molar-refractivity contribution >= 4 is 61.3 Å². The Bertz CT molecular complexity index is 1940. The number of nitrogens with zero attached hydrogens (tertiary/aromatic N) is 4. The second kappa shape index (κ2) is 11.4. The van der Waals surface area contributed by atoms with Crippen molar-refractivity contribution in [2.45, 2.75) is 18.9 Å². The zero-order valence-corrected chi connectivity index (χ0v) is 24.5. The second-order valence-corrected chi connectivity index (χ2v) is 12.2. The van der Waals surface area contributed by atoms with Gasteiger partial charge < -0.3 is 15.5 Å². The number of amides is 3. The lowest BCUT2D eigenvalue weighted by molar-refractivity contribution is -0.132. The van der Waals surface area contributed by atoms with Crippen molar-refractivity contribution in [3.05, 3.63) is 107 Å². The fourth-order valence-corrected chi connectivity index (χ4v) is 6.91. The Morgan fingerprint density at radius 3 is 2.49 bits per heavy atom. The van der Waals surface area contributed by atoms with Crippen LogP contribution in [0.3, 0.4) is 0 Å². The van der Waals surface area contributed by atoms with E-state index >= 15 is 0 Å². The van der Waals surface area contributed by atoms with Gasteiger partial charge in [0.05, 0.1) is 15.9 Å². The number of likely N-dealkylation sites (tertiary alicyclic amines) is 1. The summed E-state index contributed by atoms with van der Waals surface area (Å²) >= 11 is 2.75. The summed E-state index contributed by atoms with van der Waals surface area (Å²) in [4.78, 5) is 51.9. The maximum Gasteiger partial charge on any atom is 0.281 e. The van der Waals surface area contributed by atoms with E-state index in [9.17, 15) is 14.4 Å². The number of thiazole rings is 2. The zero-order valence-electron chi connectivity index (χ0n) is 22.9. The molecule has 3 aromatic carbocycles. The first-order chi connectivity index (χ1) is 21.0. The van der Waals surface area contributed by atoms with Gasteiger partial charge in [0.1, 0.15) is 6.04 Å². The zero-order chi connectivity index (χ0) is 29.3. The van der Waals surface area contributed by atoms with Gasteiger partial charge in [0.25, 0.3) is 11.8 Å². The summed E-state index contributed by atoms with van der Waals surface area (Å²) < 4.78 is 2.68. The molecule has 1 unspecified atom stereocenters. The minimum Gasteiger partial charge on any atom is -0.341 e. The van der Waals surface area contributed by atoms with Crippen LogP contribution in [-0.2, 0) is 4.79 Å². The Morgan fingerprint density at radius 1 is 0.884 bits per heavy atom. The van der Waals surface area contributed by atoms with Crippen molar-refractivity contribution in [2.24, 2.45) is 0 Å². The van der Waals surface area contributed by atoms with Gasteiger partial charge in [0, 0.05) is 47.7 Å². The second-order valence-electron chi connectivity index (χ2n) is 10.3. The Hall–Kier alpha value is -4.87. The summed E-state index contributed by atoms with van der Waals surface area (Å²) in [7, 11) is 0. The molecule has 0 saturated carbocycles.